The molecule has 1 fully saturated rings. The number of nitrogens with zero attached hydrogens (tertiary/aromatic N) is 1. The number of likely N-dealkylation sites (N-methyl/N-ethyl adjacent to an activating group) is 1. The second-order valence-electron chi connectivity index (χ2n) is 16.1. The van der Waals surface area contributed by atoms with Crippen molar-refractivity contribution in [2.75, 3.05) is 79.2 Å². The molecule has 1 unspecified atom stereocenters. The summed E-state index contributed by atoms with van der Waals surface area (Å²) in [7, 11) is 2.08. The first-order valence-electron chi connectivity index (χ1n) is 21.8. The minimum Gasteiger partial charge on any atom is -0.493 e. The Labute approximate surface area is 376 Å². The summed E-state index contributed by atoms with van der Waals surface area (Å²) < 4.78 is 11.6. The predicted octanol–water partition coefficient (Wildman–Crippen LogP) is -0.0342. The van der Waals surface area contributed by atoms with Gasteiger partial charge in [-0.05, 0) is 59.3 Å². The third-order valence-electron chi connectivity index (χ3n) is 11.5. The number of alkyl carbamates (subject to hydrolysis) is 1. The van der Waals surface area contributed by atoms with Gasteiger partial charge in [0, 0.05) is 77.5 Å². The van der Waals surface area contributed by atoms with Gasteiger partial charge in [0.05, 0.1) is 19.7 Å². The average molecular weight is 896 g/mol. The Morgan fingerprint density at radius 1 is 0.738 bits per heavy atom. The Morgan fingerprint density at radius 3 is 2.20 bits per heavy atom. The van der Waals surface area contributed by atoms with Gasteiger partial charge in [-0.2, -0.15) is 0 Å². The predicted molar refractivity (Wildman–Crippen MR) is 237 cm³/mol. The first-order valence-corrected chi connectivity index (χ1v) is 21.8. The normalized spacial score (nSPS) is 18.0. The Hall–Kier alpha value is -7.02. The standard InChI is InChI=1S/C46H57N9O10/c1-55-22-17-31-30(26-55)8-6-13-37(31)64-23-7-18-47-38(56)15-20-49-43(61)46(28-53-41(59)24-51-40(58)14-19-48-39(57)16-21-50-44(46)62)29-54-42(60)25-52-45(63)65-27-36-34-11-4-2-9-32(34)33-10-3-5-12-35(33)36/h2-6,8-13,36H,7,14-29H2,1H3,(H,47,56)(H,48,57)(H,49,61)(H,50,62)(H,51,58)(H,52,63)(H,53,59)(H,54,60). The van der Waals surface area contributed by atoms with Crippen LogP contribution in [0.2, 0.25) is 0 Å². The van der Waals surface area contributed by atoms with E-state index in [-0.39, 0.29) is 57.3 Å². The van der Waals surface area contributed by atoms with Gasteiger partial charge in [0.1, 0.15) is 12.4 Å². The topological polar surface area (TPSA) is 254 Å². The third kappa shape index (κ3) is 13.0. The van der Waals surface area contributed by atoms with Crippen molar-refractivity contribution in [2.24, 2.45) is 5.41 Å². The van der Waals surface area contributed by atoms with Crippen molar-refractivity contribution in [1.82, 2.24) is 47.4 Å². The number of carbonyl (C=O) groups excluding carboxylic acids is 8. The maximum atomic E-state index is 14.1. The fraction of sp³-hybridized carbons (Fsp3) is 0.435. The SMILES string of the molecule is CN1CCc2c(cccc2OCCCNC(=O)CCNC(=O)C2(CNC(=O)CNC(=O)OCC3c4ccccc4-c4ccccc43)CNC(=O)CNC(=O)CCNC(=O)CCNC2=O)C1. The van der Waals surface area contributed by atoms with Crippen LogP contribution in [0.3, 0.4) is 0 Å². The Balaban J connectivity index is 1.04. The van der Waals surface area contributed by atoms with E-state index in [1.807, 2.05) is 60.7 Å². The van der Waals surface area contributed by atoms with E-state index < -0.39 is 73.1 Å². The van der Waals surface area contributed by atoms with Crippen LogP contribution in [0, 0.1) is 5.41 Å². The van der Waals surface area contributed by atoms with Gasteiger partial charge in [-0.25, -0.2) is 4.79 Å². The molecule has 1 saturated heterocycles. The minimum atomic E-state index is -2.23. The fourth-order valence-corrected chi connectivity index (χ4v) is 7.92. The van der Waals surface area contributed by atoms with Gasteiger partial charge in [0.25, 0.3) is 0 Å². The molecule has 3 aromatic rings. The molecule has 3 aromatic carbocycles. The van der Waals surface area contributed by atoms with E-state index in [4.69, 9.17) is 9.47 Å². The number of amides is 8. The minimum absolute atomic E-state index is 0.00248. The van der Waals surface area contributed by atoms with Gasteiger partial charge in [0.15, 0.2) is 5.41 Å². The van der Waals surface area contributed by atoms with Crippen LogP contribution in [0.1, 0.15) is 53.9 Å². The van der Waals surface area contributed by atoms with Gasteiger partial charge in [-0.1, -0.05) is 60.7 Å². The zero-order chi connectivity index (χ0) is 46.2. The second-order valence-corrected chi connectivity index (χ2v) is 16.1. The summed E-state index contributed by atoms with van der Waals surface area (Å²) in [6, 6.07) is 21.7. The molecule has 2 aliphatic heterocycles. The summed E-state index contributed by atoms with van der Waals surface area (Å²) in [5.74, 6) is -4.18. The van der Waals surface area contributed by atoms with E-state index in [1.54, 1.807) is 0 Å². The zero-order valence-electron chi connectivity index (χ0n) is 36.5. The van der Waals surface area contributed by atoms with Crippen molar-refractivity contribution in [3.05, 3.63) is 89.0 Å². The smallest absolute Gasteiger partial charge is 0.407 e. The van der Waals surface area contributed by atoms with E-state index >= 15 is 0 Å². The van der Waals surface area contributed by atoms with Crippen LogP contribution < -0.4 is 47.3 Å². The second kappa shape index (κ2) is 23.1. The average Bonchev–Trinajstić information content (AvgIpc) is 3.62. The molecular weight excluding hydrogens is 839 g/mol. The quantitative estimate of drug-likeness (QED) is 0.0743. The van der Waals surface area contributed by atoms with Crippen LogP contribution in [-0.2, 0) is 51.3 Å². The van der Waals surface area contributed by atoms with E-state index in [0.29, 0.717) is 19.6 Å². The number of hydrogen-bond donors (Lipinski definition) is 8. The van der Waals surface area contributed by atoms with Crippen LogP contribution in [0.15, 0.2) is 66.7 Å². The fourth-order valence-electron chi connectivity index (χ4n) is 7.92. The molecule has 6 rings (SSSR count). The molecule has 0 spiro atoms. The molecule has 8 N–H and O–H groups in total. The molecule has 346 valence electrons. The highest BCUT2D eigenvalue weighted by Crippen LogP contribution is 2.44. The first kappa shape index (κ1) is 47.5. The van der Waals surface area contributed by atoms with E-state index in [1.165, 1.54) is 11.1 Å². The summed E-state index contributed by atoms with van der Waals surface area (Å²) >= 11 is 0. The van der Waals surface area contributed by atoms with Gasteiger partial charge in [0.2, 0.25) is 41.4 Å². The zero-order valence-corrected chi connectivity index (χ0v) is 36.5. The Kier molecular flexibility index (Phi) is 16.8. The monoisotopic (exact) mass is 895 g/mol. The number of fused-ring (bicyclic) bond motifs is 4. The Bertz CT molecular complexity index is 2210. The number of benzene rings is 3. The first-order chi connectivity index (χ1) is 31.4. The van der Waals surface area contributed by atoms with E-state index in [9.17, 15) is 38.4 Å². The number of hydrogen-bond acceptors (Lipinski definition) is 11. The lowest BCUT2D eigenvalue weighted by Crippen LogP contribution is -2.62. The number of rotatable bonds is 15. The lowest BCUT2D eigenvalue weighted by atomic mass is 9.84. The van der Waals surface area contributed by atoms with Crippen LogP contribution in [0.5, 0.6) is 5.75 Å². The highest BCUT2D eigenvalue weighted by atomic mass is 16.5. The van der Waals surface area contributed by atoms with Gasteiger partial charge in [-0.15, -0.1) is 0 Å². The number of carbonyl (C=O) groups is 8. The van der Waals surface area contributed by atoms with E-state index in [2.05, 4.69) is 60.5 Å². The maximum Gasteiger partial charge on any atom is 0.407 e. The van der Waals surface area contributed by atoms with Crippen LogP contribution in [-0.4, -0.2) is 132 Å². The molecular formula is C46H57N9O10. The van der Waals surface area contributed by atoms with Crippen LogP contribution in [0.4, 0.5) is 4.79 Å². The molecule has 65 heavy (non-hydrogen) atoms. The summed E-state index contributed by atoms with van der Waals surface area (Å²) in [5.41, 5.74) is 4.31. The third-order valence-corrected chi connectivity index (χ3v) is 11.5. The maximum absolute atomic E-state index is 14.1. The molecule has 1 atom stereocenters. The molecule has 3 aliphatic rings. The van der Waals surface area contributed by atoms with Crippen LogP contribution in [0.25, 0.3) is 11.1 Å². The molecule has 2 heterocycles. The van der Waals surface area contributed by atoms with Crippen molar-refractivity contribution in [1.29, 1.82) is 0 Å². The molecule has 1 aliphatic carbocycles. The molecule has 8 amide bonds. The van der Waals surface area contributed by atoms with Gasteiger partial charge >= 0.3 is 6.09 Å². The van der Waals surface area contributed by atoms with E-state index in [0.717, 1.165) is 47.5 Å². The van der Waals surface area contributed by atoms with Crippen molar-refractivity contribution < 1.29 is 47.8 Å². The summed E-state index contributed by atoms with van der Waals surface area (Å²) in [5, 5.41) is 20.3. The largest absolute Gasteiger partial charge is 0.493 e. The molecule has 19 heteroatoms. The summed E-state index contributed by atoms with van der Waals surface area (Å²) in [6.45, 7) is -0.384. The lowest BCUT2D eigenvalue weighted by molar-refractivity contribution is -0.143. The van der Waals surface area contributed by atoms with Crippen molar-refractivity contribution in [3.63, 3.8) is 0 Å². The summed E-state index contributed by atoms with van der Waals surface area (Å²) in [6.07, 6.45) is 0.0788. The van der Waals surface area contributed by atoms with Crippen molar-refractivity contribution in [3.8, 4) is 16.9 Å². The molecule has 0 radical (unpaired) electrons. The summed E-state index contributed by atoms with van der Waals surface area (Å²) in [4.78, 5) is 107. The molecule has 0 saturated carbocycles. The van der Waals surface area contributed by atoms with Gasteiger partial charge in [-0.3, -0.25) is 33.6 Å². The number of ether oxygens (including phenoxy) is 2. The Morgan fingerprint density at radius 2 is 1.45 bits per heavy atom. The molecule has 19 nitrogen and oxygen atoms in total. The highest BCUT2D eigenvalue weighted by molar-refractivity contribution is 6.06. The molecule has 0 bridgehead atoms. The van der Waals surface area contributed by atoms with Crippen LogP contribution >= 0.6 is 0 Å². The highest BCUT2D eigenvalue weighted by Gasteiger charge is 2.46. The number of nitrogens with one attached hydrogen (secondary N) is 8. The van der Waals surface area contributed by atoms with Crippen molar-refractivity contribution in [2.45, 2.75) is 44.6 Å². The lowest BCUT2D eigenvalue weighted by Gasteiger charge is -2.31. The van der Waals surface area contributed by atoms with Gasteiger partial charge < -0.3 is 56.9 Å². The molecule has 0 aromatic heterocycles. The van der Waals surface area contributed by atoms with Crippen molar-refractivity contribution >= 4 is 47.4 Å².